The van der Waals surface area contributed by atoms with Gasteiger partial charge in [-0.2, -0.15) is 0 Å². The number of anilines is 1. The summed E-state index contributed by atoms with van der Waals surface area (Å²) in [4.78, 5) is 13.2. The molecule has 0 bridgehead atoms. The monoisotopic (exact) mass is 304 g/mol. The van der Waals surface area contributed by atoms with Crippen molar-refractivity contribution >= 4 is 12.1 Å². The average Bonchev–Trinajstić information content (AvgIpc) is 2.49. The summed E-state index contributed by atoms with van der Waals surface area (Å²) in [5, 5.41) is 2.72. The first-order chi connectivity index (χ1) is 10.5. The van der Waals surface area contributed by atoms with E-state index in [1.165, 1.54) is 24.8 Å². The van der Waals surface area contributed by atoms with Gasteiger partial charge in [0.1, 0.15) is 5.75 Å². The Kier molecular flexibility index (Phi) is 5.83. The van der Waals surface area contributed by atoms with E-state index < -0.39 is 0 Å². The van der Waals surface area contributed by atoms with Gasteiger partial charge < -0.3 is 15.0 Å². The Balaban J connectivity index is 2.22. The van der Waals surface area contributed by atoms with Gasteiger partial charge in [-0.3, -0.25) is 4.79 Å². The molecule has 1 aromatic rings. The van der Waals surface area contributed by atoms with Crippen molar-refractivity contribution in [2.45, 2.75) is 58.1 Å². The quantitative estimate of drug-likeness (QED) is 0.816. The van der Waals surface area contributed by atoms with Crippen molar-refractivity contribution in [3.63, 3.8) is 0 Å². The second-order valence-corrected chi connectivity index (χ2v) is 6.45. The summed E-state index contributed by atoms with van der Waals surface area (Å²) >= 11 is 0. The van der Waals surface area contributed by atoms with E-state index in [9.17, 15) is 4.79 Å². The molecule has 22 heavy (non-hydrogen) atoms. The fourth-order valence-electron chi connectivity index (χ4n) is 3.28. The lowest BCUT2D eigenvalue weighted by Gasteiger charge is -2.37. The Bertz CT molecular complexity index is 502. The van der Waals surface area contributed by atoms with Crippen LogP contribution in [0.25, 0.3) is 0 Å². The van der Waals surface area contributed by atoms with E-state index in [1.54, 1.807) is 0 Å². The van der Waals surface area contributed by atoms with E-state index in [4.69, 9.17) is 4.74 Å². The SMILES string of the molecule is CCC1CC(c2ccc(NC=O)c(OC(C)C)c2)CCN1C. The van der Waals surface area contributed by atoms with Crippen molar-refractivity contribution in [1.29, 1.82) is 0 Å². The Hall–Kier alpha value is -1.55. The van der Waals surface area contributed by atoms with Crippen LogP contribution in [0.5, 0.6) is 5.75 Å². The number of piperidine rings is 1. The first kappa shape index (κ1) is 16.8. The van der Waals surface area contributed by atoms with Crippen LogP contribution < -0.4 is 10.1 Å². The number of benzene rings is 1. The molecule has 4 nitrogen and oxygen atoms in total. The number of hydrogen-bond acceptors (Lipinski definition) is 3. The molecule has 2 atom stereocenters. The van der Waals surface area contributed by atoms with Gasteiger partial charge >= 0.3 is 0 Å². The van der Waals surface area contributed by atoms with Gasteiger partial charge in [0, 0.05) is 6.04 Å². The van der Waals surface area contributed by atoms with E-state index in [-0.39, 0.29) is 6.10 Å². The highest BCUT2D eigenvalue weighted by Crippen LogP contribution is 2.36. The van der Waals surface area contributed by atoms with Crippen molar-refractivity contribution in [1.82, 2.24) is 4.90 Å². The molecule has 0 aromatic heterocycles. The van der Waals surface area contributed by atoms with Crippen LogP contribution in [-0.2, 0) is 4.79 Å². The van der Waals surface area contributed by atoms with Gasteiger partial charge in [0.05, 0.1) is 11.8 Å². The predicted octanol–water partition coefficient (Wildman–Crippen LogP) is 3.63. The number of hydrogen-bond donors (Lipinski definition) is 1. The molecule has 0 saturated carbocycles. The molecule has 1 aliphatic heterocycles. The van der Waals surface area contributed by atoms with Gasteiger partial charge in [-0.05, 0) is 70.3 Å². The maximum absolute atomic E-state index is 10.7. The third-order valence-corrected chi connectivity index (χ3v) is 4.54. The summed E-state index contributed by atoms with van der Waals surface area (Å²) in [5.41, 5.74) is 2.06. The molecule has 0 spiro atoms. The minimum atomic E-state index is 0.0864. The summed E-state index contributed by atoms with van der Waals surface area (Å²) in [6.07, 6.45) is 4.34. The number of ether oxygens (including phenoxy) is 1. The van der Waals surface area contributed by atoms with Crippen LogP contribution in [0.4, 0.5) is 5.69 Å². The molecule has 122 valence electrons. The minimum Gasteiger partial charge on any atom is -0.489 e. The molecule has 2 unspecified atom stereocenters. The van der Waals surface area contributed by atoms with Crippen LogP contribution in [-0.4, -0.2) is 37.0 Å². The van der Waals surface area contributed by atoms with Crippen molar-refractivity contribution in [2.24, 2.45) is 0 Å². The first-order valence-electron chi connectivity index (χ1n) is 8.26. The van der Waals surface area contributed by atoms with Crippen LogP contribution in [0.3, 0.4) is 0 Å². The number of likely N-dealkylation sites (tertiary alicyclic amines) is 1. The van der Waals surface area contributed by atoms with E-state index in [0.29, 0.717) is 18.4 Å². The molecule has 1 aromatic carbocycles. The number of carbonyl (C=O) groups excluding carboxylic acids is 1. The third-order valence-electron chi connectivity index (χ3n) is 4.54. The van der Waals surface area contributed by atoms with Crippen molar-refractivity contribution in [3.8, 4) is 5.75 Å². The fourth-order valence-corrected chi connectivity index (χ4v) is 3.28. The molecular weight excluding hydrogens is 276 g/mol. The highest BCUT2D eigenvalue weighted by molar-refractivity contribution is 5.75. The summed E-state index contributed by atoms with van der Waals surface area (Å²) in [6, 6.07) is 6.85. The molecule has 1 fully saturated rings. The average molecular weight is 304 g/mol. The standard InChI is InChI=1S/C18H28N2O2/c1-5-16-10-15(8-9-20(16)4)14-6-7-17(19-12-21)18(11-14)22-13(2)3/h6-7,11-13,15-16H,5,8-10H2,1-4H3,(H,19,21). The largest absolute Gasteiger partial charge is 0.489 e. The van der Waals surface area contributed by atoms with Crippen LogP contribution in [0.2, 0.25) is 0 Å². The van der Waals surface area contributed by atoms with Crippen molar-refractivity contribution in [2.75, 3.05) is 18.9 Å². The molecule has 4 heteroatoms. The fraction of sp³-hybridized carbons (Fsp3) is 0.611. The lowest BCUT2D eigenvalue weighted by atomic mass is 9.84. The molecule has 1 N–H and O–H groups in total. The Morgan fingerprint density at radius 3 is 2.86 bits per heavy atom. The smallest absolute Gasteiger partial charge is 0.211 e. The van der Waals surface area contributed by atoms with Gasteiger partial charge in [0.25, 0.3) is 0 Å². The second kappa shape index (κ2) is 7.63. The second-order valence-electron chi connectivity index (χ2n) is 6.45. The maximum Gasteiger partial charge on any atom is 0.211 e. The molecule has 0 radical (unpaired) electrons. The summed E-state index contributed by atoms with van der Waals surface area (Å²) < 4.78 is 5.87. The minimum absolute atomic E-state index is 0.0864. The molecule has 0 aliphatic carbocycles. The zero-order chi connectivity index (χ0) is 16.1. The highest BCUT2D eigenvalue weighted by atomic mass is 16.5. The molecule has 1 heterocycles. The van der Waals surface area contributed by atoms with E-state index >= 15 is 0 Å². The molecule has 1 aliphatic rings. The van der Waals surface area contributed by atoms with E-state index in [2.05, 4.69) is 36.3 Å². The Morgan fingerprint density at radius 2 is 2.23 bits per heavy atom. The molecule has 1 amide bonds. The van der Waals surface area contributed by atoms with Gasteiger partial charge in [0.15, 0.2) is 0 Å². The number of nitrogens with zero attached hydrogens (tertiary/aromatic N) is 1. The first-order valence-corrected chi connectivity index (χ1v) is 8.26. The third kappa shape index (κ3) is 4.01. The normalized spacial score (nSPS) is 22.6. The summed E-state index contributed by atoms with van der Waals surface area (Å²) in [7, 11) is 2.22. The lowest BCUT2D eigenvalue weighted by Crippen LogP contribution is -2.38. The lowest BCUT2D eigenvalue weighted by molar-refractivity contribution is -0.105. The van der Waals surface area contributed by atoms with Crippen molar-refractivity contribution in [3.05, 3.63) is 23.8 Å². The van der Waals surface area contributed by atoms with Crippen LogP contribution in [0.1, 0.15) is 51.5 Å². The molecule has 1 saturated heterocycles. The van der Waals surface area contributed by atoms with Crippen LogP contribution >= 0.6 is 0 Å². The van der Waals surface area contributed by atoms with E-state index in [0.717, 1.165) is 18.0 Å². The Morgan fingerprint density at radius 1 is 1.45 bits per heavy atom. The summed E-state index contributed by atoms with van der Waals surface area (Å²) in [5.74, 6) is 1.34. The maximum atomic E-state index is 10.7. The molecular formula is C18H28N2O2. The zero-order valence-corrected chi connectivity index (χ0v) is 14.1. The number of rotatable bonds is 6. The van der Waals surface area contributed by atoms with Gasteiger partial charge in [-0.25, -0.2) is 0 Å². The van der Waals surface area contributed by atoms with E-state index in [1.807, 2.05) is 19.9 Å². The summed E-state index contributed by atoms with van der Waals surface area (Å²) in [6.45, 7) is 7.39. The van der Waals surface area contributed by atoms with Gasteiger partial charge in [0.2, 0.25) is 6.41 Å². The molecule has 2 rings (SSSR count). The highest BCUT2D eigenvalue weighted by Gasteiger charge is 2.26. The van der Waals surface area contributed by atoms with Gasteiger partial charge in [-0.15, -0.1) is 0 Å². The predicted molar refractivity (Wildman–Crippen MR) is 90.6 cm³/mol. The van der Waals surface area contributed by atoms with Crippen molar-refractivity contribution < 1.29 is 9.53 Å². The number of nitrogens with one attached hydrogen (secondary N) is 1. The topological polar surface area (TPSA) is 41.6 Å². The van der Waals surface area contributed by atoms with Crippen LogP contribution in [0.15, 0.2) is 18.2 Å². The Labute approximate surface area is 133 Å². The van der Waals surface area contributed by atoms with Gasteiger partial charge in [-0.1, -0.05) is 13.0 Å². The number of carbonyl (C=O) groups is 1. The number of amides is 1. The zero-order valence-electron chi connectivity index (χ0n) is 14.1. The van der Waals surface area contributed by atoms with Crippen LogP contribution in [0, 0.1) is 0 Å².